The summed E-state index contributed by atoms with van der Waals surface area (Å²) in [5, 5.41) is 4.04. The molecule has 3 aromatic rings. The van der Waals surface area contributed by atoms with Crippen LogP contribution in [0.2, 0.25) is 4.34 Å². The number of hydrogen-bond acceptors (Lipinski definition) is 8. The molecule has 2 saturated heterocycles. The van der Waals surface area contributed by atoms with Crippen molar-refractivity contribution in [2.24, 2.45) is 5.92 Å². The van der Waals surface area contributed by atoms with Gasteiger partial charge in [0.25, 0.3) is 10.0 Å². The SMILES string of the molecule is CN1CCN(c2nc3ccc(NC(=O)C4CCN(S(=O)(=O)c5ccc(Cl)s5)CC4)cc3s2)CC1. The highest BCUT2D eigenvalue weighted by molar-refractivity contribution is 7.91. The van der Waals surface area contributed by atoms with Gasteiger partial charge >= 0.3 is 0 Å². The molecule has 0 aliphatic carbocycles. The molecule has 12 heteroatoms. The predicted octanol–water partition coefficient (Wildman–Crippen LogP) is 3.80. The van der Waals surface area contributed by atoms with Crippen molar-refractivity contribution < 1.29 is 13.2 Å². The van der Waals surface area contributed by atoms with E-state index in [0.29, 0.717) is 30.3 Å². The number of thiophene rings is 1. The van der Waals surface area contributed by atoms with E-state index in [1.165, 1.54) is 10.4 Å². The Labute approximate surface area is 212 Å². The maximum Gasteiger partial charge on any atom is 0.252 e. The minimum absolute atomic E-state index is 0.0700. The number of thiazole rings is 1. The number of nitrogens with one attached hydrogen (secondary N) is 1. The Morgan fingerprint density at radius 1 is 1.06 bits per heavy atom. The van der Waals surface area contributed by atoms with Crippen LogP contribution in [0.3, 0.4) is 0 Å². The molecule has 182 valence electrons. The number of carbonyl (C=O) groups excluding carboxylic acids is 1. The van der Waals surface area contributed by atoms with Gasteiger partial charge in [0.1, 0.15) is 4.21 Å². The lowest BCUT2D eigenvalue weighted by atomic mass is 9.97. The number of likely N-dealkylation sites (N-methyl/N-ethyl adjacent to an activating group) is 1. The number of nitrogens with zero attached hydrogens (tertiary/aromatic N) is 4. The fourth-order valence-corrected chi connectivity index (χ4v) is 8.45. The van der Waals surface area contributed by atoms with Gasteiger partial charge in [-0.1, -0.05) is 22.9 Å². The van der Waals surface area contributed by atoms with Crippen molar-refractivity contribution in [3.8, 4) is 0 Å². The number of hydrogen-bond donors (Lipinski definition) is 1. The molecule has 0 radical (unpaired) electrons. The first kappa shape index (κ1) is 24.0. The molecule has 2 aliphatic heterocycles. The summed E-state index contributed by atoms with van der Waals surface area (Å²) in [4.78, 5) is 22.3. The molecule has 8 nitrogen and oxygen atoms in total. The van der Waals surface area contributed by atoms with Crippen LogP contribution in [-0.4, -0.2) is 74.8 Å². The average Bonchev–Trinajstić information content (AvgIpc) is 3.46. The van der Waals surface area contributed by atoms with E-state index < -0.39 is 10.0 Å². The third kappa shape index (κ3) is 4.95. The van der Waals surface area contributed by atoms with Crippen molar-refractivity contribution in [2.45, 2.75) is 17.1 Å². The van der Waals surface area contributed by atoms with Crippen LogP contribution in [0.1, 0.15) is 12.8 Å². The highest BCUT2D eigenvalue weighted by Crippen LogP contribution is 2.33. The minimum atomic E-state index is -3.56. The zero-order valence-corrected chi connectivity index (χ0v) is 21.9. The molecule has 2 fully saturated rings. The molecular formula is C22H26ClN5O3S3. The standard InChI is InChI=1S/C22H26ClN5O3S3/c1-26-10-12-27(13-11-26)22-25-17-3-2-16(14-18(17)32-22)24-21(29)15-6-8-28(9-7-15)34(30,31)20-5-4-19(23)33-20/h2-5,14-15H,6-13H2,1H3,(H,24,29). The van der Waals surface area contributed by atoms with E-state index in [1.807, 2.05) is 18.2 Å². The summed E-state index contributed by atoms with van der Waals surface area (Å²) in [5.74, 6) is -0.296. The first-order chi connectivity index (χ1) is 16.3. The van der Waals surface area contributed by atoms with Crippen LogP contribution >= 0.6 is 34.3 Å². The number of benzene rings is 1. The van der Waals surface area contributed by atoms with E-state index in [4.69, 9.17) is 16.6 Å². The van der Waals surface area contributed by atoms with E-state index in [2.05, 4.69) is 22.2 Å². The summed E-state index contributed by atoms with van der Waals surface area (Å²) < 4.78 is 28.8. The van der Waals surface area contributed by atoms with E-state index in [-0.39, 0.29) is 16.0 Å². The molecule has 0 saturated carbocycles. The molecule has 0 atom stereocenters. The van der Waals surface area contributed by atoms with Gasteiger partial charge in [0.15, 0.2) is 5.13 Å². The zero-order chi connectivity index (χ0) is 23.9. The summed E-state index contributed by atoms with van der Waals surface area (Å²) in [5.41, 5.74) is 1.68. The lowest BCUT2D eigenvalue weighted by molar-refractivity contribution is -0.120. The molecular weight excluding hydrogens is 514 g/mol. The number of halogens is 1. The molecule has 34 heavy (non-hydrogen) atoms. The van der Waals surface area contributed by atoms with Crippen LogP contribution in [0.4, 0.5) is 10.8 Å². The van der Waals surface area contributed by atoms with Crippen LogP contribution in [0.5, 0.6) is 0 Å². The second kappa shape index (κ2) is 9.71. The number of piperidine rings is 1. The van der Waals surface area contributed by atoms with Crippen LogP contribution in [-0.2, 0) is 14.8 Å². The molecule has 1 N–H and O–H groups in total. The van der Waals surface area contributed by atoms with Gasteiger partial charge in [0.2, 0.25) is 5.91 Å². The third-order valence-corrected chi connectivity index (χ3v) is 11.1. The molecule has 4 heterocycles. The highest BCUT2D eigenvalue weighted by Gasteiger charge is 2.33. The molecule has 0 bridgehead atoms. The molecule has 1 aromatic carbocycles. The quantitative estimate of drug-likeness (QED) is 0.531. The summed E-state index contributed by atoms with van der Waals surface area (Å²) >= 11 is 8.61. The molecule has 2 aliphatic rings. The van der Waals surface area contributed by atoms with Crippen LogP contribution in [0, 0.1) is 5.92 Å². The van der Waals surface area contributed by atoms with Gasteiger partial charge in [-0.3, -0.25) is 4.79 Å². The van der Waals surface area contributed by atoms with Crippen molar-refractivity contribution in [2.75, 3.05) is 56.5 Å². The van der Waals surface area contributed by atoms with Crippen molar-refractivity contribution in [3.63, 3.8) is 0 Å². The number of piperazine rings is 1. The number of sulfonamides is 1. The average molecular weight is 540 g/mol. The van der Waals surface area contributed by atoms with Crippen molar-refractivity contribution in [3.05, 3.63) is 34.7 Å². The summed E-state index contributed by atoms with van der Waals surface area (Å²) in [7, 11) is -1.43. The molecule has 2 aromatic heterocycles. The topological polar surface area (TPSA) is 85.8 Å². The van der Waals surface area contributed by atoms with Crippen LogP contribution in [0.15, 0.2) is 34.5 Å². The van der Waals surface area contributed by atoms with Crippen LogP contribution < -0.4 is 10.2 Å². The highest BCUT2D eigenvalue weighted by atomic mass is 35.5. The number of fused-ring (bicyclic) bond motifs is 1. The number of anilines is 2. The van der Waals surface area contributed by atoms with Gasteiger partial charge in [-0.2, -0.15) is 4.31 Å². The Bertz CT molecular complexity index is 1290. The normalized spacial score (nSPS) is 19.1. The number of aromatic nitrogens is 1. The summed E-state index contributed by atoms with van der Waals surface area (Å²) in [6, 6.07) is 8.93. The van der Waals surface area contributed by atoms with Crippen molar-refractivity contribution in [1.29, 1.82) is 0 Å². The maximum absolute atomic E-state index is 12.9. The molecule has 0 spiro atoms. The molecule has 5 rings (SSSR count). The lowest BCUT2D eigenvalue weighted by Gasteiger charge is -2.32. The van der Waals surface area contributed by atoms with E-state index >= 15 is 0 Å². The smallest absolute Gasteiger partial charge is 0.252 e. The van der Waals surface area contributed by atoms with Gasteiger partial charge in [0.05, 0.1) is 14.6 Å². The first-order valence-corrected chi connectivity index (χ1v) is 14.6. The number of amides is 1. The zero-order valence-electron chi connectivity index (χ0n) is 18.7. The monoisotopic (exact) mass is 539 g/mol. The van der Waals surface area contributed by atoms with E-state index in [1.54, 1.807) is 17.4 Å². The second-order valence-corrected chi connectivity index (χ2v) is 13.6. The lowest BCUT2D eigenvalue weighted by Crippen LogP contribution is -2.44. The Morgan fingerprint density at radius 2 is 1.79 bits per heavy atom. The Morgan fingerprint density at radius 3 is 2.47 bits per heavy atom. The molecule has 1 amide bonds. The predicted molar refractivity (Wildman–Crippen MR) is 139 cm³/mol. The second-order valence-electron chi connectivity index (χ2n) is 8.70. The largest absolute Gasteiger partial charge is 0.345 e. The maximum atomic E-state index is 12.9. The van der Waals surface area contributed by atoms with Crippen LogP contribution in [0.25, 0.3) is 10.2 Å². The van der Waals surface area contributed by atoms with Gasteiger partial charge in [-0.25, -0.2) is 13.4 Å². The number of carbonyl (C=O) groups is 1. The van der Waals surface area contributed by atoms with Crippen molar-refractivity contribution in [1.82, 2.24) is 14.2 Å². The van der Waals surface area contributed by atoms with E-state index in [9.17, 15) is 13.2 Å². The third-order valence-electron chi connectivity index (χ3n) is 6.39. The number of rotatable bonds is 5. The Balaban J connectivity index is 1.20. The van der Waals surface area contributed by atoms with Gasteiger partial charge in [-0.15, -0.1) is 11.3 Å². The summed E-state index contributed by atoms with van der Waals surface area (Å²) in [6.07, 6.45) is 0.973. The van der Waals surface area contributed by atoms with Gasteiger partial charge in [-0.05, 0) is 50.2 Å². The van der Waals surface area contributed by atoms with Gasteiger partial charge < -0.3 is 15.1 Å². The minimum Gasteiger partial charge on any atom is -0.345 e. The molecule has 0 unspecified atom stereocenters. The van der Waals surface area contributed by atoms with Crippen molar-refractivity contribution >= 4 is 71.2 Å². The van der Waals surface area contributed by atoms with E-state index in [0.717, 1.165) is 58.6 Å². The first-order valence-electron chi connectivity index (χ1n) is 11.2. The van der Waals surface area contributed by atoms with Gasteiger partial charge in [0, 0.05) is 50.9 Å². The fourth-order valence-electron chi connectivity index (χ4n) is 4.29. The fraction of sp³-hybridized carbons (Fsp3) is 0.455. The Kier molecular flexibility index (Phi) is 6.84. The summed E-state index contributed by atoms with van der Waals surface area (Å²) in [6.45, 7) is 4.62. The Hall–Kier alpha value is -1.76.